The molecular weight excluding hydrogens is 532 g/mol. The van der Waals surface area contributed by atoms with Gasteiger partial charge in [-0.05, 0) is 36.6 Å². The summed E-state index contributed by atoms with van der Waals surface area (Å²) in [4.78, 5) is 46.5. The zero-order valence-corrected chi connectivity index (χ0v) is 23.8. The Bertz CT molecular complexity index is 1090. The summed E-state index contributed by atoms with van der Waals surface area (Å²) in [6.07, 6.45) is 6.63. The van der Waals surface area contributed by atoms with Crippen LogP contribution in [0.2, 0.25) is 0 Å². The Morgan fingerprint density at radius 3 is 2.32 bits per heavy atom. The fraction of sp³-hybridized carbons (Fsp3) is 0.552. The normalized spacial score (nSPS) is 16.6. The van der Waals surface area contributed by atoms with Crippen LogP contribution in [0.3, 0.4) is 0 Å². The van der Waals surface area contributed by atoms with Crippen molar-refractivity contribution in [2.45, 2.75) is 25.3 Å². The van der Waals surface area contributed by atoms with Gasteiger partial charge in [0.2, 0.25) is 11.8 Å². The van der Waals surface area contributed by atoms with E-state index in [2.05, 4.69) is 15.3 Å². The number of pyridine rings is 2. The molecule has 224 valence electrons. The number of aryl methyl sites for hydroxylation is 1. The smallest absolute Gasteiger partial charge is 0.337 e. The molecule has 1 aliphatic rings. The summed E-state index contributed by atoms with van der Waals surface area (Å²) in [5.74, 6) is -1.05. The van der Waals surface area contributed by atoms with E-state index in [0.29, 0.717) is 71.4 Å². The first-order valence-corrected chi connectivity index (χ1v) is 13.8. The van der Waals surface area contributed by atoms with Crippen molar-refractivity contribution in [2.24, 2.45) is 5.92 Å². The van der Waals surface area contributed by atoms with Crippen LogP contribution in [-0.2, 0) is 39.7 Å². The number of ether oxygens (including phenoxy) is 5. The molecule has 1 aliphatic heterocycles. The summed E-state index contributed by atoms with van der Waals surface area (Å²) in [7, 11) is 3.07. The third kappa shape index (κ3) is 10.8. The molecule has 0 aliphatic carbocycles. The lowest BCUT2D eigenvalue weighted by Gasteiger charge is -2.24. The Balaban J connectivity index is 1.12. The monoisotopic (exact) mass is 572 g/mol. The van der Waals surface area contributed by atoms with Crippen molar-refractivity contribution >= 4 is 17.8 Å². The van der Waals surface area contributed by atoms with E-state index in [0.717, 1.165) is 17.7 Å². The standard InChI is InChI=1S/C29H40N4O8/c1-33-26(34)20-25(27(33)23-5-3-8-30-21-23)28(35)32-10-12-39-14-16-41-18-17-40-15-13-38-11-4-6-24-19-22(7-9-31-24)29(36)37-2/h3,5,7-9,19,21,25,27H,4,6,10-18,20H2,1-2H3,(H,32,35)/t25-,27+/m0/s1. The number of carbonyl (C=O) groups excluding carboxylic acids is 3. The van der Waals surface area contributed by atoms with Gasteiger partial charge in [0.1, 0.15) is 0 Å². The van der Waals surface area contributed by atoms with Crippen molar-refractivity contribution in [1.82, 2.24) is 20.2 Å². The Morgan fingerprint density at radius 1 is 0.976 bits per heavy atom. The fourth-order valence-electron chi connectivity index (χ4n) is 4.47. The van der Waals surface area contributed by atoms with Crippen molar-refractivity contribution in [1.29, 1.82) is 0 Å². The Morgan fingerprint density at radius 2 is 1.66 bits per heavy atom. The van der Waals surface area contributed by atoms with Crippen molar-refractivity contribution < 1.29 is 38.1 Å². The molecule has 3 heterocycles. The van der Waals surface area contributed by atoms with Gasteiger partial charge in [0.15, 0.2) is 0 Å². The topological polar surface area (TPSA) is 138 Å². The fourth-order valence-corrected chi connectivity index (χ4v) is 4.47. The van der Waals surface area contributed by atoms with Crippen molar-refractivity contribution in [2.75, 3.05) is 73.6 Å². The summed E-state index contributed by atoms with van der Waals surface area (Å²) < 4.78 is 26.8. The van der Waals surface area contributed by atoms with Gasteiger partial charge in [-0.15, -0.1) is 0 Å². The lowest BCUT2D eigenvalue weighted by atomic mass is 9.94. The number of likely N-dealkylation sites (tertiary alicyclic amines) is 1. The molecule has 2 aromatic rings. The molecule has 0 bridgehead atoms. The van der Waals surface area contributed by atoms with Crippen molar-refractivity contribution in [3.8, 4) is 0 Å². The maximum Gasteiger partial charge on any atom is 0.337 e. The van der Waals surface area contributed by atoms with E-state index in [4.69, 9.17) is 23.7 Å². The summed E-state index contributed by atoms with van der Waals surface area (Å²) >= 11 is 0. The number of hydrogen-bond donors (Lipinski definition) is 1. The summed E-state index contributed by atoms with van der Waals surface area (Å²) in [5, 5.41) is 2.87. The number of rotatable bonds is 19. The molecule has 0 aromatic carbocycles. The zero-order valence-electron chi connectivity index (χ0n) is 23.8. The van der Waals surface area contributed by atoms with Gasteiger partial charge in [0, 0.05) is 50.9 Å². The van der Waals surface area contributed by atoms with Gasteiger partial charge in [-0.3, -0.25) is 19.6 Å². The van der Waals surface area contributed by atoms with E-state index in [-0.39, 0.29) is 30.2 Å². The summed E-state index contributed by atoms with van der Waals surface area (Å²) in [5.41, 5.74) is 2.16. The second kappa shape index (κ2) is 18.1. The predicted molar refractivity (Wildman–Crippen MR) is 148 cm³/mol. The van der Waals surface area contributed by atoms with E-state index >= 15 is 0 Å². The highest BCUT2D eigenvalue weighted by Gasteiger charge is 2.42. The third-order valence-corrected chi connectivity index (χ3v) is 6.57. The lowest BCUT2D eigenvalue weighted by molar-refractivity contribution is -0.128. The van der Waals surface area contributed by atoms with Crippen LogP contribution < -0.4 is 5.32 Å². The zero-order chi connectivity index (χ0) is 29.3. The third-order valence-electron chi connectivity index (χ3n) is 6.57. The first kappa shape index (κ1) is 32.1. The van der Waals surface area contributed by atoms with Gasteiger partial charge in [-0.1, -0.05) is 6.07 Å². The molecule has 1 fully saturated rings. The summed E-state index contributed by atoms with van der Waals surface area (Å²) in [6, 6.07) is 6.73. The molecule has 41 heavy (non-hydrogen) atoms. The molecule has 0 saturated carbocycles. The molecule has 1 saturated heterocycles. The van der Waals surface area contributed by atoms with Gasteiger partial charge in [0.25, 0.3) is 0 Å². The van der Waals surface area contributed by atoms with E-state index < -0.39 is 5.92 Å². The first-order valence-electron chi connectivity index (χ1n) is 13.8. The largest absolute Gasteiger partial charge is 0.465 e. The number of amides is 2. The number of hydrogen-bond acceptors (Lipinski definition) is 10. The molecule has 12 nitrogen and oxygen atoms in total. The van der Waals surface area contributed by atoms with E-state index in [1.165, 1.54) is 7.11 Å². The van der Waals surface area contributed by atoms with Gasteiger partial charge in [-0.2, -0.15) is 0 Å². The number of nitrogens with one attached hydrogen (secondary N) is 1. The second-order valence-electron chi connectivity index (χ2n) is 9.42. The minimum Gasteiger partial charge on any atom is -0.465 e. The minimum atomic E-state index is -0.458. The van der Waals surface area contributed by atoms with Crippen molar-refractivity contribution in [3.63, 3.8) is 0 Å². The molecule has 2 atom stereocenters. The number of aromatic nitrogens is 2. The van der Waals surface area contributed by atoms with E-state index in [1.807, 2.05) is 6.07 Å². The summed E-state index contributed by atoms with van der Waals surface area (Å²) in [6.45, 7) is 3.96. The predicted octanol–water partition coefficient (Wildman–Crippen LogP) is 1.60. The van der Waals surface area contributed by atoms with E-state index in [1.54, 1.807) is 48.7 Å². The van der Waals surface area contributed by atoms with Crippen LogP contribution >= 0.6 is 0 Å². The molecule has 3 rings (SSSR count). The minimum absolute atomic E-state index is 0.0572. The van der Waals surface area contributed by atoms with Crippen LogP contribution in [0.25, 0.3) is 0 Å². The van der Waals surface area contributed by atoms with Gasteiger partial charge in [0.05, 0.1) is 70.9 Å². The molecule has 0 radical (unpaired) electrons. The number of carbonyl (C=O) groups is 3. The van der Waals surface area contributed by atoms with Gasteiger partial charge < -0.3 is 33.9 Å². The molecular formula is C29H40N4O8. The Hall–Kier alpha value is -3.45. The SMILES string of the molecule is COC(=O)c1ccnc(CCCOCCOCCOCCOCCNC(=O)[C@H]2CC(=O)N(C)[C@@H]2c2cccnc2)c1. The Labute approximate surface area is 240 Å². The van der Waals surface area contributed by atoms with Crippen LogP contribution in [0.5, 0.6) is 0 Å². The molecule has 0 spiro atoms. The quantitative estimate of drug-likeness (QED) is 0.195. The Kier molecular flexibility index (Phi) is 14.1. The molecule has 12 heteroatoms. The van der Waals surface area contributed by atoms with Gasteiger partial charge in [-0.25, -0.2) is 4.79 Å². The van der Waals surface area contributed by atoms with E-state index in [9.17, 15) is 14.4 Å². The average Bonchev–Trinajstić information content (AvgIpc) is 3.30. The first-order chi connectivity index (χ1) is 20.0. The van der Waals surface area contributed by atoms with Crippen LogP contribution in [0.1, 0.15) is 40.5 Å². The molecule has 2 aromatic heterocycles. The van der Waals surface area contributed by atoms with Crippen LogP contribution in [0.4, 0.5) is 0 Å². The molecule has 2 amide bonds. The maximum atomic E-state index is 12.7. The van der Waals surface area contributed by atoms with Crippen LogP contribution in [0, 0.1) is 5.92 Å². The highest BCUT2D eigenvalue weighted by atomic mass is 16.6. The molecule has 1 N–H and O–H groups in total. The van der Waals surface area contributed by atoms with Crippen LogP contribution in [-0.4, -0.2) is 106 Å². The molecule has 0 unspecified atom stereocenters. The second-order valence-corrected chi connectivity index (χ2v) is 9.42. The lowest BCUT2D eigenvalue weighted by Crippen LogP contribution is -2.36. The highest BCUT2D eigenvalue weighted by Crippen LogP contribution is 2.36. The number of methoxy groups -OCH3 is 1. The van der Waals surface area contributed by atoms with Gasteiger partial charge >= 0.3 is 5.97 Å². The highest BCUT2D eigenvalue weighted by molar-refractivity contribution is 5.90. The average molecular weight is 573 g/mol. The number of esters is 1. The van der Waals surface area contributed by atoms with Crippen molar-refractivity contribution in [3.05, 3.63) is 59.7 Å². The maximum absolute atomic E-state index is 12.7. The van der Waals surface area contributed by atoms with Crippen LogP contribution in [0.15, 0.2) is 42.9 Å². The number of nitrogens with zero attached hydrogens (tertiary/aromatic N) is 3.